The number of rotatable bonds is 0. The Labute approximate surface area is 108 Å². The molecule has 3 heteroatoms. The van der Waals surface area contributed by atoms with Crippen molar-refractivity contribution in [2.24, 2.45) is 0 Å². The summed E-state index contributed by atoms with van der Waals surface area (Å²) in [6.07, 6.45) is 1.59. The molecule has 0 aliphatic heterocycles. The Balaban J connectivity index is 2.28. The molecule has 0 atom stereocenters. The van der Waals surface area contributed by atoms with Crippen LogP contribution in [0.4, 0.5) is 4.39 Å². The Hall–Kier alpha value is -2.55. The van der Waals surface area contributed by atoms with Crippen molar-refractivity contribution in [3.8, 4) is 11.1 Å². The zero-order valence-corrected chi connectivity index (χ0v) is 9.85. The second kappa shape index (κ2) is 3.48. The largest absolute Gasteiger partial charge is 0.287 e. The zero-order chi connectivity index (χ0) is 13.0. The van der Waals surface area contributed by atoms with E-state index in [1.54, 1.807) is 18.3 Å². The predicted octanol–water partition coefficient (Wildman–Crippen LogP) is 3.59. The minimum Gasteiger partial charge on any atom is -0.287 e. The molecule has 0 saturated carbocycles. The molecule has 90 valence electrons. The molecule has 0 fully saturated rings. The van der Waals surface area contributed by atoms with Gasteiger partial charge in [0.25, 0.3) is 0 Å². The van der Waals surface area contributed by atoms with Crippen molar-refractivity contribution in [3.63, 3.8) is 0 Å². The maximum absolute atomic E-state index is 14.0. The van der Waals surface area contributed by atoms with Crippen LogP contribution in [0.15, 0.2) is 48.7 Å². The minimum absolute atomic E-state index is 0.126. The zero-order valence-electron chi connectivity index (χ0n) is 9.85. The lowest BCUT2D eigenvalue weighted by Gasteiger charge is -2.19. The first-order valence-corrected chi connectivity index (χ1v) is 5.98. The summed E-state index contributed by atoms with van der Waals surface area (Å²) in [7, 11) is 0. The van der Waals surface area contributed by atoms with Crippen molar-refractivity contribution < 1.29 is 9.18 Å². The van der Waals surface area contributed by atoms with Gasteiger partial charge in [0, 0.05) is 11.6 Å². The molecule has 19 heavy (non-hydrogen) atoms. The van der Waals surface area contributed by atoms with E-state index < -0.39 is 5.82 Å². The van der Waals surface area contributed by atoms with Gasteiger partial charge in [-0.1, -0.05) is 30.3 Å². The SMILES string of the molecule is O=C1c2c(F)cccc2-c2cccc3ccnc1c23. The van der Waals surface area contributed by atoms with Crippen molar-refractivity contribution in [1.82, 2.24) is 4.98 Å². The topological polar surface area (TPSA) is 30.0 Å². The summed E-state index contributed by atoms with van der Waals surface area (Å²) < 4.78 is 14.0. The van der Waals surface area contributed by atoms with Crippen LogP contribution in [0.5, 0.6) is 0 Å². The number of carbonyl (C=O) groups excluding carboxylic acids is 1. The molecule has 2 aromatic carbocycles. The monoisotopic (exact) mass is 249 g/mol. The van der Waals surface area contributed by atoms with Gasteiger partial charge in [-0.15, -0.1) is 0 Å². The lowest BCUT2D eigenvalue weighted by molar-refractivity contribution is 0.103. The summed E-state index contributed by atoms with van der Waals surface area (Å²) in [5.74, 6) is -0.826. The fourth-order valence-corrected chi connectivity index (χ4v) is 2.72. The molecule has 1 aliphatic rings. The molecule has 1 aliphatic carbocycles. The second-order valence-corrected chi connectivity index (χ2v) is 4.55. The van der Waals surface area contributed by atoms with Gasteiger partial charge in [-0.3, -0.25) is 9.78 Å². The van der Waals surface area contributed by atoms with Gasteiger partial charge in [0.05, 0.1) is 5.56 Å². The summed E-state index contributed by atoms with van der Waals surface area (Å²) in [5.41, 5.74) is 1.98. The summed E-state index contributed by atoms with van der Waals surface area (Å²) in [6, 6.07) is 12.3. The van der Waals surface area contributed by atoms with E-state index in [0.29, 0.717) is 11.3 Å². The average Bonchev–Trinajstić information content (AvgIpc) is 2.44. The first-order valence-electron chi connectivity index (χ1n) is 5.98. The van der Waals surface area contributed by atoms with E-state index in [-0.39, 0.29) is 11.3 Å². The number of carbonyl (C=O) groups is 1. The van der Waals surface area contributed by atoms with Crippen molar-refractivity contribution in [3.05, 3.63) is 65.7 Å². The number of benzene rings is 2. The molecule has 2 nitrogen and oxygen atoms in total. The van der Waals surface area contributed by atoms with Crippen LogP contribution in [0.3, 0.4) is 0 Å². The summed E-state index contributed by atoms with van der Waals surface area (Å²) in [4.78, 5) is 16.6. The predicted molar refractivity (Wildman–Crippen MR) is 70.6 cm³/mol. The number of aromatic nitrogens is 1. The highest BCUT2D eigenvalue weighted by Gasteiger charge is 2.28. The fraction of sp³-hybridized carbons (Fsp3) is 0. The van der Waals surface area contributed by atoms with E-state index in [4.69, 9.17) is 0 Å². The van der Waals surface area contributed by atoms with E-state index >= 15 is 0 Å². The van der Waals surface area contributed by atoms with E-state index in [9.17, 15) is 9.18 Å². The Morgan fingerprint density at radius 2 is 1.74 bits per heavy atom. The van der Waals surface area contributed by atoms with Crippen LogP contribution >= 0.6 is 0 Å². The van der Waals surface area contributed by atoms with Crippen LogP contribution in [-0.2, 0) is 0 Å². The average molecular weight is 249 g/mol. The third kappa shape index (κ3) is 1.24. The Bertz CT molecular complexity index is 849. The number of pyridine rings is 1. The van der Waals surface area contributed by atoms with Crippen LogP contribution in [0.25, 0.3) is 21.9 Å². The van der Waals surface area contributed by atoms with Crippen molar-refractivity contribution in [1.29, 1.82) is 0 Å². The molecule has 0 unspecified atom stereocenters. The molecular formula is C16H8FNO. The van der Waals surface area contributed by atoms with Gasteiger partial charge < -0.3 is 0 Å². The first kappa shape index (κ1) is 10.4. The second-order valence-electron chi connectivity index (χ2n) is 4.55. The van der Waals surface area contributed by atoms with Crippen molar-refractivity contribution >= 4 is 16.6 Å². The number of hydrogen-bond donors (Lipinski definition) is 0. The Morgan fingerprint density at radius 3 is 2.63 bits per heavy atom. The molecule has 0 amide bonds. The Morgan fingerprint density at radius 1 is 0.947 bits per heavy atom. The maximum Gasteiger partial charge on any atom is 0.215 e. The van der Waals surface area contributed by atoms with Crippen LogP contribution in [0, 0.1) is 5.82 Å². The fourth-order valence-electron chi connectivity index (χ4n) is 2.72. The van der Waals surface area contributed by atoms with Gasteiger partial charge in [0.2, 0.25) is 5.78 Å². The lowest BCUT2D eigenvalue weighted by Crippen LogP contribution is -2.13. The molecule has 1 aromatic heterocycles. The molecule has 0 spiro atoms. The van der Waals surface area contributed by atoms with Gasteiger partial charge >= 0.3 is 0 Å². The lowest BCUT2D eigenvalue weighted by atomic mass is 9.85. The molecule has 1 heterocycles. The number of halogens is 1. The van der Waals surface area contributed by atoms with E-state index in [0.717, 1.165) is 16.3 Å². The van der Waals surface area contributed by atoms with Gasteiger partial charge in [-0.25, -0.2) is 4.39 Å². The van der Waals surface area contributed by atoms with Gasteiger partial charge in [-0.2, -0.15) is 0 Å². The molecular weight excluding hydrogens is 241 g/mol. The maximum atomic E-state index is 14.0. The van der Waals surface area contributed by atoms with Crippen LogP contribution in [0.1, 0.15) is 16.1 Å². The number of nitrogens with zero attached hydrogens (tertiary/aromatic N) is 1. The Kier molecular flexibility index (Phi) is 1.90. The number of ketones is 1. The highest BCUT2D eigenvalue weighted by Crippen LogP contribution is 2.38. The van der Waals surface area contributed by atoms with Gasteiger partial charge in [0.1, 0.15) is 11.5 Å². The van der Waals surface area contributed by atoms with E-state index in [1.807, 2.05) is 24.3 Å². The van der Waals surface area contributed by atoms with Crippen molar-refractivity contribution in [2.75, 3.05) is 0 Å². The number of fused-ring (bicyclic) bond motifs is 2. The van der Waals surface area contributed by atoms with Crippen LogP contribution in [-0.4, -0.2) is 10.8 Å². The quantitative estimate of drug-likeness (QED) is 0.476. The summed E-state index contributed by atoms with van der Waals surface area (Å²) >= 11 is 0. The highest BCUT2D eigenvalue weighted by molar-refractivity contribution is 6.24. The smallest absolute Gasteiger partial charge is 0.215 e. The number of hydrogen-bond acceptors (Lipinski definition) is 2. The van der Waals surface area contributed by atoms with Gasteiger partial charge in [0.15, 0.2) is 0 Å². The van der Waals surface area contributed by atoms with Crippen molar-refractivity contribution in [2.45, 2.75) is 0 Å². The normalized spacial score (nSPS) is 12.6. The minimum atomic E-state index is -0.490. The molecule has 0 N–H and O–H groups in total. The summed E-state index contributed by atoms with van der Waals surface area (Å²) in [6.45, 7) is 0. The standard InChI is InChI=1S/C16H8FNO/c17-12-6-2-5-11-10-4-1-3-9-7-8-18-15(13(9)10)16(19)14(11)12/h1-8H. The van der Waals surface area contributed by atoms with Crippen LogP contribution in [0.2, 0.25) is 0 Å². The van der Waals surface area contributed by atoms with E-state index in [1.165, 1.54) is 6.07 Å². The molecule has 0 saturated heterocycles. The summed E-state index contributed by atoms with van der Waals surface area (Å²) in [5, 5.41) is 1.76. The van der Waals surface area contributed by atoms with Gasteiger partial charge in [-0.05, 0) is 28.6 Å². The molecule has 0 bridgehead atoms. The first-order chi connectivity index (χ1) is 9.27. The third-order valence-corrected chi connectivity index (χ3v) is 3.54. The highest BCUT2D eigenvalue weighted by atomic mass is 19.1. The van der Waals surface area contributed by atoms with E-state index in [2.05, 4.69) is 4.98 Å². The molecule has 0 radical (unpaired) electrons. The molecule has 3 aromatic rings. The van der Waals surface area contributed by atoms with Crippen LogP contribution < -0.4 is 0 Å². The third-order valence-electron chi connectivity index (χ3n) is 3.54. The molecule has 4 rings (SSSR count).